The summed E-state index contributed by atoms with van der Waals surface area (Å²) in [6.45, 7) is -4.36. The maximum atomic E-state index is 12.2. The van der Waals surface area contributed by atoms with Crippen LogP contribution in [0.5, 0.6) is 23.0 Å². The van der Waals surface area contributed by atoms with Gasteiger partial charge in [0.15, 0.2) is 6.29 Å². The van der Waals surface area contributed by atoms with Gasteiger partial charge in [-0.15, -0.1) is 0 Å². The van der Waals surface area contributed by atoms with Crippen molar-refractivity contribution < 1.29 is 72.7 Å². The van der Waals surface area contributed by atoms with Crippen LogP contribution in [0.4, 0.5) is 17.1 Å². The molecule has 0 saturated heterocycles. The van der Waals surface area contributed by atoms with Crippen LogP contribution in [0.15, 0.2) is 63.8 Å². The summed E-state index contributed by atoms with van der Waals surface area (Å²) in [6, 6.07) is 11.8. The minimum atomic E-state index is -1.44. The lowest BCUT2D eigenvalue weighted by molar-refractivity contribution is -0.385. The largest absolute Gasteiger partial charge is 0.497 e. The molecule has 284 valence electrons. The molecule has 0 saturated carbocycles. The number of hydrogen-bond acceptors (Lipinski definition) is 15. The van der Waals surface area contributed by atoms with Gasteiger partial charge in [-0.2, -0.15) is 0 Å². The number of carbonyl (C=O) groups is 5. The Balaban J connectivity index is 1.65. The minimum Gasteiger partial charge on any atom is -0.497 e. The lowest BCUT2D eigenvalue weighted by Gasteiger charge is -2.25. The predicted octanol–water partition coefficient (Wildman–Crippen LogP) is 2.51. The van der Waals surface area contributed by atoms with Crippen LogP contribution in [0.2, 0.25) is 0 Å². The average Bonchev–Trinajstić information content (AvgIpc) is 3.10. The van der Waals surface area contributed by atoms with Gasteiger partial charge in [0.25, 0.3) is 5.69 Å². The van der Waals surface area contributed by atoms with Gasteiger partial charge in [0.1, 0.15) is 80.1 Å². The Hall–Kier alpha value is -7.38. The number of carbonyl (C=O) groups excluding carboxylic acids is 1. The molecule has 0 bridgehead atoms. The second-order valence-electron chi connectivity index (χ2n) is 11.1. The van der Waals surface area contributed by atoms with Crippen LogP contribution >= 0.6 is 0 Å². The van der Waals surface area contributed by atoms with E-state index in [9.17, 15) is 59.3 Å². The van der Waals surface area contributed by atoms with E-state index in [1.807, 2.05) is 0 Å². The van der Waals surface area contributed by atoms with E-state index >= 15 is 0 Å². The molecule has 20 heteroatoms. The fourth-order valence-electron chi connectivity index (χ4n) is 5.10. The van der Waals surface area contributed by atoms with Crippen LogP contribution in [0.1, 0.15) is 15.9 Å². The van der Waals surface area contributed by atoms with Crippen LogP contribution in [-0.2, 0) is 25.8 Å². The van der Waals surface area contributed by atoms with Crippen LogP contribution < -0.4 is 34.4 Å². The monoisotopic (exact) mass is 753 g/mol. The van der Waals surface area contributed by atoms with Crippen molar-refractivity contribution in [3.63, 3.8) is 0 Å². The van der Waals surface area contributed by atoms with Gasteiger partial charge < -0.3 is 53.6 Å². The summed E-state index contributed by atoms with van der Waals surface area (Å²) in [5, 5.41) is 50.4. The number of methoxy groups -OCH3 is 1. The Bertz CT molecular complexity index is 2120. The smallest absolute Gasteiger partial charge is 0.346 e. The van der Waals surface area contributed by atoms with E-state index in [4.69, 9.17) is 23.4 Å². The number of nitrogens with zero attached hydrogens (tertiary/aromatic N) is 3. The van der Waals surface area contributed by atoms with Crippen LogP contribution in [-0.4, -0.2) is 102 Å². The summed E-state index contributed by atoms with van der Waals surface area (Å²) in [5.41, 5.74) is -1.83. The molecule has 0 atom stereocenters. The number of fused-ring (bicyclic) bond motifs is 1. The maximum absolute atomic E-state index is 12.2. The molecular weight excluding hydrogens is 722 g/mol. The molecule has 0 radical (unpaired) electrons. The number of benzene rings is 3. The molecule has 0 aliphatic heterocycles. The first-order valence-electron chi connectivity index (χ1n) is 15.5. The number of carboxylic acids is 4. The molecule has 0 aliphatic carbocycles. The molecule has 0 fully saturated rings. The summed E-state index contributed by atoms with van der Waals surface area (Å²) in [6.07, 6.45) is 0.337. The highest BCUT2D eigenvalue weighted by atomic mass is 16.6. The Morgan fingerprint density at radius 2 is 1.31 bits per heavy atom. The third kappa shape index (κ3) is 10.3. The van der Waals surface area contributed by atoms with Crippen molar-refractivity contribution in [1.29, 1.82) is 0 Å². The van der Waals surface area contributed by atoms with Gasteiger partial charge in [0, 0.05) is 17.5 Å². The summed E-state index contributed by atoms with van der Waals surface area (Å²) < 4.78 is 27.6. The molecule has 0 aliphatic rings. The fourth-order valence-corrected chi connectivity index (χ4v) is 5.10. The number of hydrogen-bond donors (Lipinski definition) is 4. The third-order valence-corrected chi connectivity index (χ3v) is 7.36. The number of aliphatic carboxylic acids is 4. The van der Waals surface area contributed by atoms with Gasteiger partial charge in [-0.1, -0.05) is 0 Å². The van der Waals surface area contributed by atoms with Crippen molar-refractivity contribution in [2.24, 2.45) is 0 Å². The van der Waals surface area contributed by atoms with Gasteiger partial charge in [-0.05, 0) is 36.4 Å². The van der Waals surface area contributed by atoms with Crippen LogP contribution in [0, 0.1) is 10.1 Å². The molecule has 4 N–H and O–H groups in total. The maximum Gasteiger partial charge on any atom is 0.346 e. The molecule has 54 heavy (non-hydrogen) atoms. The molecule has 1 heterocycles. The number of carboxylic acid groups (broad SMARTS) is 4. The zero-order valence-electron chi connectivity index (χ0n) is 28.2. The highest BCUT2D eigenvalue weighted by Gasteiger charge is 2.26. The SMILES string of the molecule is COc1ccc(N(CC(=O)O)CC(=O)O)c(OCCOc2cc([N+](=O)[O-])c(COc3ccc4cc(C=O)c(=O)oc4c3)cc2N(CC(=O)O)CC(=O)O)c1. The number of anilines is 2. The lowest BCUT2D eigenvalue weighted by Crippen LogP contribution is -2.35. The highest BCUT2D eigenvalue weighted by Crippen LogP contribution is 2.37. The fraction of sp³-hybridized carbons (Fsp3) is 0.235. The first-order valence-corrected chi connectivity index (χ1v) is 15.5. The van der Waals surface area contributed by atoms with E-state index in [1.54, 1.807) is 0 Å². The Morgan fingerprint density at radius 3 is 1.85 bits per heavy atom. The first-order chi connectivity index (χ1) is 25.7. The summed E-state index contributed by atoms with van der Waals surface area (Å²) in [5.74, 6) is -5.46. The van der Waals surface area contributed by atoms with Gasteiger partial charge >= 0.3 is 29.5 Å². The van der Waals surface area contributed by atoms with E-state index < -0.39 is 79.5 Å². The van der Waals surface area contributed by atoms with Crippen LogP contribution in [0.25, 0.3) is 11.0 Å². The molecule has 0 amide bonds. The Kier molecular flexibility index (Phi) is 12.9. The predicted molar refractivity (Wildman–Crippen MR) is 184 cm³/mol. The topological polar surface area (TPSA) is 283 Å². The first kappa shape index (κ1) is 39.4. The molecule has 0 unspecified atom stereocenters. The zero-order chi connectivity index (χ0) is 39.5. The van der Waals surface area contributed by atoms with Gasteiger partial charge in [0.05, 0.1) is 35.0 Å². The number of ether oxygens (including phenoxy) is 4. The molecule has 3 aromatic carbocycles. The normalized spacial score (nSPS) is 10.6. The second kappa shape index (κ2) is 17.7. The van der Waals surface area contributed by atoms with Crippen molar-refractivity contribution in [3.8, 4) is 23.0 Å². The second-order valence-corrected chi connectivity index (χ2v) is 11.1. The van der Waals surface area contributed by atoms with Crippen molar-refractivity contribution in [2.45, 2.75) is 6.61 Å². The van der Waals surface area contributed by atoms with Crippen molar-refractivity contribution >= 4 is 58.2 Å². The minimum absolute atomic E-state index is 0.00493. The summed E-state index contributed by atoms with van der Waals surface area (Å²) >= 11 is 0. The van der Waals surface area contributed by atoms with E-state index in [0.717, 1.165) is 21.9 Å². The Morgan fingerprint density at radius 1 is 0.759 bits per heavy atom. The molecule has 0 spiro atoms. The molecule has 4 aromatic rings. The summed E-state index contributed by atoms with van der Waals surface area (Å²) in [7, 11) is 1.35. The van der Waals surface area contributed by atoms with Crippen molar-refractivity contribution in [2.75, 3.05) is 56.3 Å². The lowest BCUT2D eigenvalue weighted by atomic mass is 10.1. The van der Waals surface area contributed by atoms with Gasteiger partial charge in [0.2, 0.25) is 0 Å². The van der Waals surface area contributed by atoms with E-state index in [1.165, 1.54) is 49.6 Å². The highest BCUT2D eigenvalue weighted by molar-refractivity contribution is 5.85. The van der Waals surface area contributed by atoms with Crippen LogP contribution in [0.3, 0.4) is 0 Å². The summed E-state index contributed by atoms with van der Waals surface area (Å²) in [4.78, 5) is 82.8. The number of aldehydes is 1. The number of nitro groups is 1. The van der Waals surface area contributed by atoms with Crippen molar-refractivity contribution in [3.05, 3.63) is 86.3 Å². The molecular formula is C34H31N3O17. The molecule has 20 nitrogen and oxygen atoms in total. The standard InChI is InChI=1S/C34H31N3O17/c1-50-22-4-5-24(35(13-30(39)40)14-31(41)42)28(10-22)51-6-7-52-29-12-25(37(48)49)21(9-26(29)36(15-32(43)44)16-33(45)46)18-53-23-3-2-19-8-20(17-38)34(47)54-27(19)11-23/h2-5,8-12,17H,6-7,13-16,18H2,1H3,(H,39,40)(H,41,42)(H,43,44)(H,45,46). The number of rotatable bonds is 21. The average molecular weight is 754 g/mol. The molecule has 4 rings (SSSR count). The van der Waals surface area contributed by atoms with Gasteiger partial charge in [-0.25, -0.2) is 4.79 Å². The van der Waals surface area contributed by atoms with E-state index in [-0.39, 0.29) is 57.7 Å². The Labute approximate surface area is 303 Å². The quantitative estimate of drug-likeness (QED) is 0.0312. The van der Waals surface area contributed by atoms with E-state index in [0.29, 0.717) is 11.7 Å². The van der Waals surface area contributed by atoms with E-state index in [2.05, 4.69) is 0 Å². The molecule has 1 aromatic heterocycles. The third-order valence-electron chi connectivity index (χ3n) is 7.36. The number of nitro benzene ring substituents is 1. The van der Waals surface area contributed by atoms with Gasteiger partial charge in [-0.3, -0.25) is 34.1 Å². The van der Waals surface area contributed by atoms with Crippen molar-refractivity contribution in [1.82, 2.24) is 0 Å². The zero-order valence-corrected chi connectivity index (χ0v) is 28.2.